The molecule has 2 fully saturated rings. The van der Waals surface area contributed by atoms with Crippen LogP contribution in [0.25, 0.3) is 0 Å². The van der Waals surface area contributed by atoms with Crippen molar-refractivity contribution in [2.75, 3.05) is 13.2 Å². The molecule has 1 aromatic carbocycles. The van der Waals surface area contributed by atoms with Crippen molar-refractivity contribution in [3.8, 4) is 0 Å². The zero-order valence-electron chi connectivity index (χ0n) is 20.0. The van der Waals surface area contributed by atoms with E-state index in [1.54, 1.807) is 0 Å². The number of hydrogen-bond donors (Lipinski definition) is 0. The molecule has 0 saturated carbocycles. The predicted molar refractivity (Wildman–Crippen MR) is 120 cm³/mol. The molecule has 0 bridgehead atoms. The third-order valence-electron chi connectivity index (χ3n) is 6.93. The van der Waals surface area contributed by atoms with E-state index in [9.17, 15) is 4.79 Å². The molecule has 0 aliphatic carbocycles. The maximum Gasteiger partial charge on any atom is 0.494 e. The van der Waals surface area contributed by atoms with Gasteiger partial charge in [0.1, 0.15) is 5.60 Å². The van der Waals surface area contributed by atoms with Gasteiger partial charge < -0.3 is 23.7 Å². The van der Waals surface area contributed by atoms with Crippen molar-refractivity contribution in [3.63, 3.8) is 0 Å². The van der Waals surface area contributed by atoms with Gasteiger partial charge in [0.2, 0.25) is 0 Å². The molecule has 3 heterocycles. The number of nitrogens with zero attached hydrogens (tertiary/aromatic N) is 1. The van der Waals surface area contributed by atoms with E-state index in [0.29, 0.717) is 19.8 Å². The molecule has 4 rings (SSSR count). The van der Waals surface area contributed by atoms with Gasteiger partial charge in [0, 0.05) is 6.54 Å². The summed E-state index contributed by atoms with van der Waals surface area (Å²) in [6.45, 7) is 16.0. The Bertz CT molecular complexity index is 844. The molecule has 0 aromatic heterocycles. The lowest BCUT2D eigenvalue weighted by atomic mass is 9.75. The number of ether oxygens (including phenoxy) is 2. The molecule has 6 nitrogen and oxygen atoms in total. The van der Waals surface area contributed by atoms with Gasteiger partial charge in [0.05, 0.1) is 30.5 Å². The van der Waals surface area contributed by atoms with Crippen LogP contribution in [0.15, 0.2) is 12.1 Å². The minimum absolute atomic E-state index is 0.0207. The van der Waals surface area contributed by atoms with Gasteiger partial charge in [0.25, 0.3) is 0 Å². The topological polar surface area (TPSA) is 57.2 Å². The highest BCUT2D eigenvalue weighted by molar-refractivity contribution is 6.62. The van der Waals surface area contributed by atoms with E-state index < -0.39 is 23.9 Å². The number of amides is 1. The van der Waals surface area contributed by atoms with E-state index in [1.807, 2.05) is 25.7 Å². The second kappa shape index (κ2) is 7.78. The standard InChI is InChI=1S/C24H36BNO5/c1-22(2,3)29-21(27)26-11-8-9-20(26)18-14-17(13-16-10-12-28-15-19(16)18)25-30-23(4,5)24(6,7)31-25/h13-14,20H,8-12,15H2,1-7H3. The fourth-order valence-electron chi connectivity index (χ4n) is 4.58. The van der Waals surface area contributed by atoms with Crippen molar-refractivity contribution >= 4 is 18.7 Å². The Morgan fingerprint density at radius 3 is 2.48 bits per heavy atom. The molecule has 2 saturated heterocycles. The third-order valence-corrected chi connectivity index (χ3v) is 6.93. The Labute approximate surface area is 186 Å². The quantitative estimate of drug-likeness (QED) is 0.662. The fraction of sp³-hybridized carbons (Fsp3) is 0.708. The van der Waals surface area contributed by atoms with Crippen LogP contribution in [0.5, 0.6) is 0 Å². The first-order chi connectivity index (χ1) is 14.4. The van der Waals surface area contributed by atoms with Gasteiger partial charge >= 0.3 is 13.2 Å². The molecule has 3 aliphatic rings. The molecule has 1 unspecified atom stereocenters. The average molecular weight is 429 g/mol. The van der Waals surface area contributed by atoms with Crippen molar-refractivity contribution in [3.05, 3.63) is 28.8 Å². The van der Waals surface area contributed by atoms with Gasteiger partial charge in [-0.3, -0.25) is 0 Å². The lowest BCUT2D eigenvalue weighted by Crippen LogP contribution is -2.41. The molecule has 1 atom stereocenters. The molecular weight excluding hydrogens is 393 g/mol. The van der Waals surface area contributed by atoms with E-state index in [1.165, 1.54) is 11.1 Å². The molecule has 0 spiro atoms. The summed E-state index contributed by atoms with van der Waals surface area (Å²) < 4.78 is 24.2. The Morgan fingerprint density at radius 2 is 1.84 bits per heavy atom. The van der Waals surface area contributed by atoms with Crippen LogP contribution in [0.2, 0.25) is 0 Å². The van der Waals surface area contributed by atoms with Crippen LogP contribution >= 0.6 is 0 Å². The van der Waals surface area contributed by atoms with Gasteiger partial charge in [-0.1, -0.05) is 12.1 Å². The summed E-state index contributed by atoms with van der Waals surface area (Å²) in [5, 5.41) is 0. The highest BCUT2D eigenvalue weighted by atomic mass is 16.7. The van der Waals surface area contributed by atoms with Crippen molar-refractivity contribution in [1.29, 1.82) is 0 Å². The number of rotatable bonds is 2. The van der Waals surface area contributed by atoms with Gasteiger partial charge in [-0.2, -0.15) is 0 Å². The van der Waals surface area contributed by atoms with E-state index in [0.717, 1.165) is 30.3 Å². The predicted octanol–water partition coefficient (Wildman–Crippen LogP) is 4.13. The van der Waals surface area contributed by atoms with Gasteiger partial charge in [0.15, 0.2) is 0 Å². The molecule has 170 valence electrons. The van der Waals surface area contributed by atoms with Crippen LogP contribution in [0, 0.1) is 0 Å². The second-order valence-electron chi connectivity index (χ2n) is 11.0. The van der Waals surface area contributed by atoms with E-state index in [4.69, 9.17) is 18.8 Å². The first-order valence-corrected chi connectivity index (χ1v) is 11.5. The minimum Gasteiger partial charge on any atom is -0.444 e. The summed E-state index contributed by atoms with van der Waals surface area (Å²) in [5.41, 5.74) is 3.32. The second-order valence-corrected chi connectivity index (χ2v) is 11.0. The fourth-order valence-corrected chi connectivity index (χ4v) is 4.58. The monoisotopic (exact) mass is 429 g/mol. The van der Waals surface area contributed by atoms with Crippen LogP contribution in [0.1, 0.15) is 84.0 Å². The van der Waals surface area contributed by atoms with E-state index in [2.05, 4.69) is 39.8 Å². The SMILES string of the molecule is CC(C)(C)OC(=O)N1CCCC1c1cc(B2OC(C)(C)C(C)(C)O2)cc2c1COCC2. The Morgan fingerprint density at radius 1 is 1.16 bits per heavy atom. The van der Waals surface area contributed by atoms with Crippen molar-refractivity contribution < 1.29 is 23.6 Å². The lowest BCUT2D eigenvalue weighted by Gasteiger charge is -2.32. The number of carbonyl (C=O) groups excluding carboxylic acids is 1. The summed E-state index contributed by atoms with van der Waals surface area (Å²) in [7, 11) is -0.423. The Balaban J connectivity index is 1.70. The molecular formula is C24H36BNO5. The maximum absolute atomic E-state index is 12.9. The first kappa shape index (κ1) is 22.6. The van der Waals surface area contributed by atoms with Gasteiger partial charge in [-0.15, -0.1) is 0 Å². The molecule has 0 N–H and O–H groups in total. The van der Waals surface area contributed by atoms with Crippen molar-refractivity contribution in [2.24, 2.45) is 0 Å². The Hall–Kier alpha value is -1.57. The van der Waals surface area contributed by atoms with Crippen LogP contribution in [-0.4, -0.2) is 48.1 Å². The highest BCUT2D eigenvalue weighted by Crippen LogP contribution is 2.39. The summed E-state index contributed by atoms with van der Waals surface area (Å²) in [6.07, 6.45) is 2.48. The van der Waals surface area contributed by atoms with E-state index >= 15 is 0 Å². The average Bonchev–Trinajstić information content (AvgIpc) is 3.22. The van der Waals surface area contributed by atoms with Crippen molar-refractivity contribution in [1.82, 2.24) is 4.90 Å². The number of likely N-dealkylation sites (tertiary alicyclic amines) is 1. The summed E-state index contributed by atoms with van der Waals surface area (Å²) in [5.74, 6) is 0. The zero-order valence-corrected chi connectivity index (χ0v) is 20.0. The summed E-state index contributed by atoms with van der Waals surface area (Å²) >= 11 is 0. The first-order valence-electron chi connectivity index (χ1n) is 11.5. The summed E-state index contributed by atoms with van der Waals surface area (Å²) in [4.78, 5) is 14.8. The lowest BCUT2D eigenvalue weighted by molar-refractivity contribution is 0.00578. The van der Waals surface area contributed by atoms with E-state index in [-0.39, 0.29) is 12.1 Å². The molecule has 1 aromatic rings. The van der Waals surface area contributed by atoms with Crippen LogP contribution in [-0.2, 0) is 31.8 Å². The normalized spacial score (nSPS) is 24.9. The number of hydrogen-bond acceptors (Lipinski definition) is 5. The van der Waals surface area contributed by atoms with Gasteiger partial charge in [-0.05, 0) is 89.9 Å². The number of carbonyl (C=O) groups is 1. The summed E-state index contributed by atoms with van der Waals surface area (Å²) in [6, 6.07) is 4.35. The number of fused-ring (bicyclic) bond motifs is 1. The third kappa shape index (κ3) is 4.37. The van der Waals surface area contributed by atoms with Crippen LogP contribution < -0.4 is 5.46 Å². The molecule has 31 heavy (non-hydrogen) atoms. The highest BCUT2D eigenvalue weighted by Gasteiger charge is 2.52. The van der Waals surface area contributed by atoms with Gasteiger partial charge in [-0.25, -0.2) is 4.79 Å². The minimum atomic E-state index is -0.517. The zero-order chi connectivity index (χ0) is 22.6. The number of benzene rings is 1. The van der Waals surface area contributed by atoms with Crippen molar-refractivity contribution in [2.45, 2.75) is 97.2 Å². The smallest absolute Gasteiger partial charge is 0.444 e. The maximum atomic E-state index is 12.9. The molecule has 1 amide bonds. The molecule has 7 heteroatoms. The molecule has 0 radical (unpaired) electrons. The molecule has 3 aliphatic heterocycles. The van der Waals surface area contributed by atoms with Crippen LogP contribution in [0.3, 0.4) is 0 Å². The largest absolute Gasteiger partial charge is 0.494 e. The Kier molecular flexibility index (Phi) is 5.68. The van der Waals surface area contributed by atoms with Crippen LogP contribution in [0.4, 0.5) is 4.79 Å².